The largest absolute Gasteiger partial charge is 0.355 e. The van der Waals surface area contributed by atoms with Gasteiger partial charge in [0.05, 0.1) is 6.20 Å². The first-order valence-electron chi connectivity index (χ1n) is 7.89. The van der Waals surface area contributed by atoms with Gasteiger partial charge in [-0.25, -0.2) is 4.98 Å². The van der Waals surface area contributed by atoms with E-state index in [2.05, 4.69) is 25.1 Å². The Balaban J connectivity index is 1.38. The van der Waals surface area contributed by atoms with Crippen molar-refractivity contribution in [3.05, 3.63) is 36.2 Å². The fourth-order valence-electron chi connectivity index (χ4n) is 2.74. The van der Waals surface area contributed by atoms with Crippen LogP contribution in [-0.2, 0) is 17.8 Å². The number of nitrogens with zero attached hydrogens (tertiary/aromatic N) is 3. The molecule has 118 valence electrons. The number of carbonyl (C=O) groups excluding carboxylic acids is 1. The van der Waals surface area contributed by atoms with Gasteiger partial charge in [0.2, 0.25) is 5.91 Å². The molecule has 0 spiro atoms. The first-order valence-corrected chi connectivity index (χ1v) is 7.89. The molecule has 0 aromatic carbocycles. The molecule has 22 heavy (non-hydrogen) atoms. The van der Waals surface area contributed by atoms with Gasteiger partial charge < -0.3 is 9.88 Å². The lowest BCUT2D eigenvalue weighted by Crippen LogP contribution is -2.32. The van der Waals surface area contributed by atoms with Crippen molar-refractivity contribution in [2.45, 2.75) is 45.6 Å². The van der Waals surface area contributed by atoms with E-state index >= 15 is 0 Å². The van der Waals surface area contributed by atoms with Crippen molar-refractivity contribution in [3.8, 4) is 0 Å². The highest BCUT2D eigenvalue weighted by molar-refractivity contribution is 5.75. The summed E-state index contributed by atoms with van der Waals surface area (Å²) in [5, 5.41) is 9.80. The van der Waals surface area contributed by atoms with Crippen LogP contribution in [0.4, 0.5) is 0 Å². The van der Waals surface area contributed by atoms with Crippen molar-refractivity contribution in [2.75, 3.05) is 6.54 Å². The number of imidazole rings is 1. The number of aromatic amines is 1. The topological polar surface area (TPSA) is 75.6 Å². The molecule has 1 aliphatic carbocycles. The second-order valence-electron chi connectivity index (χ2n) is 6.34. The first kappa shape index (κ1) is 14.8. The summed E-state index contributed by atoms with van der Waals surface area (Å²) in [6.45, 7) is 3.74. The third kappa shape index (κ3) is 3.75. The summed E-state index contributed by atoms with van der Waals surface area (Å²) in [5.74, 6) is 1.19. The van der Waals surface area contributed by atoms with E-state index in [1.807, 2.05) is 31.7 Å². The van der Waals surface area contributed by atoms with E-state index in [0.29, 0.717) is 6.42 Å². The predicted octanol–water partition coefficient (Wildman–Crippen LogP) is 1.83. The van der Waals surface area contributed by atoms with Crippen molar-refractivity contribution in [1.29, 1.82) is 0 Å². The second kappa shape index (κ2) is 6.34. The fraction of sp³-hybridized carbons (Fsp3) is 0.562. The minimum absolute atomic E-state index is 0.150. The molecular weight excluding hydrogens is 278 g/mol. The average Bonchev–Trinajstić information content (AvgIpc) is 2.87. The monoisotopic (exact) mass is 301 g/mol. The van der Waals surface area contributed by atoms with Crippen LogP contribution in [0.3, 0.4) is 0 Å². The second-order valence-corrected chi connectivity index (χ2v) is 6.34. The Kier molecular flexibility index (Phi) is 4.27. The summed E-state index contributed by atoms with van der Waals surface area (Å²) < 4.78 is 2.18. The van der Waals surface area contributed by atoms with Gasteiger partial charge in [0.15, 0.2) is 0 Å². The third-order valence-corrected chi connectivity index (χ3v) is 4.47. The molecule has 1 saturated carbocycles. The van der Waals surface area contributed by atoms with Crippen LogP contribution in [0, 0.1) is 12.3 Å². The lowest BCUT2D eigenvalue weighted by molar-refractivity contribution is -0.121. The van der Waals surface area contributed by atoms with Gasteiger partial charge in [-0.05, 0) is 38.2 Å². The minimum atomic E-state index is 0.150. The number of hydrogen-bond acceptors (Lipinski definition) is 3. The Morgan fingerprint density at radius 3 is 3.00 bits per heavy atom. The standard InChI is InChI=1S/C16H23N5O/c1-13-17-7-8-21(13)12-16(5-6-16)11-18-15(22)4-2-3-14-9-19-20-10-14/h7-10H,2-6,11-12H2,1H3,(H,18,22)(H,19,20). The van der Waals surface area contributed by atoms with Gasteiger partial charge in [-0.15, -0.1) is 0 Å². The van der Waals surface area contributed by atoms with Crippen LogP contribution >= 0.6 is 0 Å². The highest BCUT2D eigenvalue weighted by Gasteiger charge is 2.43. The molecule has 0 unspecified atom stereocenters. The molecule has 2 heterocycles. The number of H-pyrrole nitrogens is 1. The summed E-state index contributed by atoms with van der Waals surface area (Å²) in [7, 11) is 0. The maximum absolute atomic E-state index is 12.0. The summed E-state index contributed by atoms with van der Waals surface area (Å²) in [4.78, 5) is 16.2. The van der Waals surface area contributed by atoms with E-state index in [0.717, 1.165) is 37.3 Å². The number of aromatic nitrogens is 4. The first-order chi connectivity index (χ1) is 10.7. The summed E-state index contributed by atoms with van der Waals surface area (Å²) in [6, 6.07) is 0. The van der Waals surface area contributed by atoms with Crippen LogP contribution in [0.15, 0.2) is 24.8 Å². The van der Waals surface area contributed by atoms with Gasteiger partial charge in [-0.3, -0.25) is 9.89 Å². The average molecular weight is 301 g/mol. The number of amides is 1. The van der Waals surface area contributed by atoms with E-state index in [9.17, 15) is 4.79 Å². The summed E-state index contributed by atoms with van der Waals surface area (Å²) >= 11 is 0. The number of aryl methyl sites for hydroxylation is 2. The van der Waals surface area contributed by atoms with Gasteiger partial charge in [0.25, 0.3) is 0 Å². The molecule has 0 atom stereocenters. The zero-order valence-electron chi connectivity index (χ0n) is 13.0. The van der Waals surface area contributed by atoms with Crippen molar-refractivity contribution in [1.82, 2.24) is 25.1 Å². The van der Waals surface area contributed by atoms with Gasteiger partial charge in [0.1, 0.15) is 5.82 Å². The molecule has 2 N–H and O–H groups in total. The molecule has 1 aliphatic rings. The van der Waals surface area contributed by atoms with E-state index in [4.69, 9.17) is 0 Å². The van der Waals surface area contributed by atoms with Gasteiger partial charge in [-0.1, -0.05) is 0 Å². The van der Waals surface area contributed by atoms with Crippen molar-refractivity contribution in [3.63, 3.8) is 0 Å². The molecule has 0 saturated heterocycles. The number of hydrogen-bond donors (Lipinski definition) is 2. The minimum Gasteiger partial charge on any atom is -0.355 e. The molecule has 0 bridgehead atoms. The summed E-state index contributed by atoms with van der Waals surface area (Å²) in [6.07, 6.45) is 12.2. The van der Waals surface area contributed by atoms with Crippen LogP contribution in [0.25, 0.3) is 0 Å². The lowest BCUT2D eigenvalue weighted by atomic mass is 10.1. The Hall–Kier alpha value is -2.11. The molecule has 6 heteroatoms. The van der Waals surface area contributed by atoms with Crippen molar-refractivity contribution in [2.24, 2.45) is 5.41 Å². The van der Waals surface area contributed by atoms with Crippen LogP contribution in [0.5, 0.6) is 0 Å². The molecule has 2 aromatic heterocycles. The maximum atomic E-state index is 12.0. The highest BCUT2D eigenvalue weighted by Crippen LogP contribution is 2.46. The zero-order chi connectivity index (χ0) is 15.4. The van der Waals surface area contributed by atoms with E-state index in [1.165, 1.54) is 12.8 Å². The van der Waals surface area contributed by atoms with E-state index in [-0.39, 0.29) is 11.3 Å². The fourth-order valence-corrected chi connectivity index (χ4v) is 2.74. The normalized spacial score (nSPS) is 15.7. The SMILES string of the molecule is Cc1nccn1CC1(CNC(=O)CCCc2cn[nH]c2)CC1. The van der Waals surface area contributed by atoms with Crippen LogP contribution in [-0.4, -0.2) is 32.2 Å². The van der Waals surface area contributed by atoms with Gasteiger partial charge in [0, 0.05) is 43.5 Å². The van der Waals surface area contributed by atoms with E-state index in [1.54, 1.807) is 0 Å². The maximum Gasteiger partial charge on any atom is 0.220 e. The molecule has 0 aliphatic heterocycles. The molecule has 3 rings (SSSR count). The lowest BCUT2D eigenvalue weighted by Gasteiger charge is -2.17. The molecule has 1 fully saturated rings. The van der Waals surface area contributed by atoms with Crippen LogP contribution in [0.1, 0.15) is 37.1 Å². The third-order valence-electron chi connectivity index (χ3n) is 4.47. The molecule has 0 radical (unpaired) electrons. The van der Waals surface area contributed by atoms with E-state index < -0.39 is 0 Å². The quantitative estimate of drug-likeness (QED) is 0.781. The van der Waals surface area contributed by atoms with Crippen molar-refractivity contribution >= 4 is 5.91 Å². The number of rotatable bonds is 8. The van der Waals surface area contributed by atoms with Crippen LogP contribution < -0.4 is 5.32 Å². The Morgan fingerprint density at radius 1 is 1.50 bits per heavy atom. The molecule has 2 aromatic rings. The van der Waals surface area contributed by atoms with Crippen LogP contribution in [0.2, 0.25) is 0 Å². The predicted molar refractivity (Wildman–Crippen MR) is 83.2 cm³/mol. The van der Waals surface area contributed by atoms with Gasteiger partial charge in [-0.2, -0.15) is 5.10 Å². The molecule has 6 nitrogen and oxygen atoms in total. The summed E-state index contributed by atoms with van der Waals surface area (Å²) in [5.41, 5.74) is 1.40. The number of nitrogens with one attached hydrogen (secondary N) is 2. The number of carbonyl (C=O) groups is 1. The zero-order valence-corrected chi connectivity index (χ0v) is 13.0. The Labute approximate surface area is 130 Å². The Morgan fingerprint density at radius 2 is 2.36 bits per heavy atom. The highest BCUT2D eigenvalue weighted by atomic mass is 16.1. The molecule has 1 amide bonds. The van der Waals surface area contributed by atoms with Gasteiger partial charge >= 0.3 is 0 Å². The van der Waals surface area contributed by atoms with Crippen molar-refractivity contribution < 1.29 is 4.79 Å². The Bertz CT molecular complexity index is 612. The molecular formula is C16H23N5O. The smallest absolute Gasteiger partial charge is 0.220 e.